The van der Waals surface area contributed by atoms with Gasteiger partial charge in [0.15, 0.2) is 0 Å². The molecule has 0 aromatic rings. The molecule has 0 unspecified atom stereocenters. The molecule has 0 radical (unpaired) electrons. The molecule has 0 saturated carbocycles. The van der Waals surface area contributed by atoms with Crippen LogP contribution in [0.3, 0.4) is 0 Å². The van der Waals surface area contributed by atoms with E-state index < -0.39 is 4.92 Å². The van der Waals surface area contributed by atoms with Crippen molar-refractivity contribution in [1.82, 2.24) is 0 Å². The van der Waals surface area contributed by atoms with Crippen LogP contribution in [-0.2, 0) is 0 Å². The standard InChI is InChI=1S/C15H14N2O2/c16-14-9-7-13(11-14)6-5-12-3-1-2-4-15(10-8-12)17(18)19/h1-2,4-11H,3,16H2/b2-1-,10-8-,12-5-,13-6-,15-4+. The van der Waals surface area contributed by atoms with Crippen molar-refractivity contribution in [3.05, 3.63) is 93.4 Å². The number of hydrogen-bond donors (Lipinski definition) is 1. The van der Waals surface area contributed by atoms with Gasteiger partial charge in [-0.3, -0.25) is 10.1 Å². The summed E-state index contributed by atoms with van der Waals surface area (Å²) in [6.45, 7) is 0. The maximum absolute atomic E-state index is 10.7. The van der Waals surface area contributed by atoms with E-state index in [2.05, 4.69) is 0 Å². The quantitative estimate of drug-likeness (QED) is 0.608. The number of nitro groups is 1. The molecule has 2 N–H and O–H groups in total. The van der Waals surface area contributed by atoms with Crippen LogP contribution in [0, 0.1) is 10.1 Å². The van der Waals surface area contributed by atoms with E-state index in [1.807, 2.05) is 36.5 Å². The van der Waals surface area contributed by atoms with Gasteiger partial charge in [-0.25, -0.2) is 0 Å². The van der Waals surface area contributed by atoms with Gasteiger partial charge in [0.1, 0.15) is 0 Å². The molecule has 0 bridgehead atoms. The largest absolute Gasteiger partial charge is 0.399 e. The lowest BCUT2D eigenvalue weighted by Gasteiger charge is -1.99. The number of rotatable bonds is 2. The van der Waals surface area contributed by atoms with Crippen molar-refractivity contribution in [1.29, 1.82) is 0 Å². The lowest BCUT2D eigenvalue weighted by Crippen LogP contribution is -1.95. The first-order valence-corrected chi connectivity index (χ1v) is 5.90. The van der Waals surface area contributed by atoms with Crippen molar-refractivity contribution >= 4 is 0 Å². The summed E-state index contributed by atoms with van der Waals surface area (Å²) in [5, 5.41) is 10.7. The maximum atomic E-state index is 10.7. The highest BCUT2D eigenvalue weighted by atomic mass is 16.6. The second-order valence-electron chi connectivity index (χ2n) is 4.20. The van der Waals surface area contributed by atoms with Crippen molar-refractivity contribution in [2.75, 3.05) is 0 Å². The molecule has 0 heterocycles. The van der Waals surface area contributed by atoms with Gasteiger partial charge in [0.25, 0.3) is 5.70 Å². The summed E-state index contributed by atoms with van der Waals surface area (Å²) in [7, 11) is 0. The zero-order chi connectivity index (χ0) is 13.7. The normalized spacial score (nSPS) is 28.4. The third kappa shape index (κ3) is 3.67. The van der Waals surface area contributed by atoms with Crippen LogP contribution in [0.25, 0.3) is 0 Å². The van der Waals surface area contributed by atoms with Crippen LogP contribution in [0.4, 0.5) is 0 Å². The Balaban J connectivity index is 2.18. The zero-order valence-electron chi connectivity index (χ0n) is 10.3. The molecule has 4 heteroatoms. The number of nitrogens with two attached hydrogens (primary N) is 1. The zero-order valence-corrected chi connectivity index (χ0v) is 10.3. The van der Waals surface area contributed by atoms with Crippen LogP contribution >= 0.6 is 0 Å². The van der Waals surface area contributed by atoms with Gasteiger partial charge >= 0.3 is 0 Å². The average molecular weight is 254 g/mol. The van der Waals surface area contributed by atoms with Crippen molar-refractivity contribution in [3.8, 4) is 0 Å². The highest BCUT2D eigenvalue weighted by molar-refractivity contribution is 5.47. The van der Waals surface area contributed by atoms with Crippen molar-refractivity contribution in [3.63, 3.8) is 0 Å². The molecule has 2 aliphatic rings. The molecule has 0 aromatic carbocycles. The summed E-state index contributed by atoms with van der Waals surface area (Å²) >= 11 is 0. The summed E-state index contributed by atoms with van der Waals surface area (Å²) in [5.41, 5.74) is 8.48. The number of hydrogen-bond acceptors (Lipinski definition) is 3. The minimum Gasteiger partial charge on any atom is -0.399 e. The first-order chi connectivity index (χ1) is 9.15. The molecule has 19 heavy (non-hydrogen) atoms. The molecular weight excluding hydrogens is 240 g/mol. The van der Waals surface area contributed by atoms with Crippen molar-refractivity contribution in [2.45, 2.75) is 6.42 Å². The fourth-order valence-corrected chi connectivity index (χ4v) is 1.72. The summed E-state index contributed by atoms with van der Waals surface area (Å²) in [6.07, 6.45) is 18.6. The molecular formula is C15H14N2O2. The Morgan fingerprint density at radius 1 is 1.21 bits per heavy atom. The Hall–Kier alpha value is -2.62. The predicted molar refractivity (Wildman–Crippen MR) is 75.6 cm³/mol. The monoisotopic (exact) mass is 254 g/mol. The third-order valence-electron chi connectivity index (χ3n) is 2.73. The van der Waals surface area contributed by atoms with Gasteiger partial charge in [0.05, 0.1) is 4.92 Å². The maximum Gasteiger partial charge on any atom is 0.269 e. The topological polar surface area (TPSA) is 69.2 Å². The highest BCUT2D eigenvalue weighted by Gasteiger charge is 2.05. The third-order valence-corrected chi connectivity index (χ3v) is 2.73. The van der Waals surface area contributed by atoms with Crippen LogP contribution in [-0.4, -0.2) is 4.92 Å². The minimum absolute atomic E-state index is 0.0828. The van der Waals surface area contributed by atoms with Crippen molar-refractivity contribution < 1.29 is 4.92 Å². The molecule has 0 atom stereocenters. The lowest BCUT2D eigenvalue weighted by atomic mass is 10.1. The summed E-state index contributed by atoms with van der Waals surface area (Å²) in [4.78, 5) is 10.3. The van der Waals surface area contributed by atoms with Gasteiger partial charge < -0.3 is 5.73 Å². The van der Waals surface area contributed by atoms with E-state index in [4.69, 9.17) is 5.73 Å². The Morgan fingerprint density at radius 3 is 2.74 bits per heavy atom. The summed E-state index contributed by atoms with van der Waals surface area (Å²) in [6, 6.07) is 0. The van der Waals surface area contributed by atoms with Crippen LogP contribution in [0.2, 0.25) is 0 Å². The van der Waals surface area contributed by atoms with Crippen LogP contribution in [0.5, 0.6) is 0 Å². The molecule has 0 fully saturated rings. The summed E-state index contributed by atoms with van der Waals surface area (Å²) < 4.78 is 0. The van der Waals surface area contributed by atoms with E-state index in [0.29, 0.717) is 0 Å². The van der Waals surface area contributed by atoms with Crippen LogP contribution < -0.4 is 5.73 Å². The lowest BCUT2D eigenvalue weighted by molar-refractivity contribution is -0.419. The SMILES string of the molecule is NC1=C\C(=C/C=C2\C=C/C([N+](=O)[O-])=C\C=C/C2)C=C1. The average Bonchev–Trinajstić information content (AvgIpc) is 2.73. The molecule has 0 aliphatic heterocycles. The van der Waals surface area contributed by atoms with E-state index >= 15 is 0 Å². The fraction of sp³-hybridized carbons (Fsp3) is 0.0667. The predicted octanol–water partition coefficient (Wildman–Crippen LogP) is 2.93. The van der Waals surface area contributed by atoms with Gasteiger partial charge in [0.2, 0.25) is 0 Å². The first-order valence-electron chi connectivity index (χ1n) is 5.90. The molecule has 2 aliphatic carbocycles. The molecule has 2 rings (SSSR count). The molecule has 96 valence electrons. The molecule has 4 nitrogen and oxygen atoms in total. The van der Waals surface area contributed by atoms with E-state index in [1.54, 1.807) is 12.2 Å². The highest BCUT2D eigenvalue weighted by Crippen LogP contribution is 2.15. The Morgan fingerprint density at radius 2 is 2.05 bits per heavy atom. The second-order valence-corrected chi connectivity index (χ2v) is 4.20. The minimum atomic E-state index is -0.397. The fourth-order valence-electron chi connectivity index (χ4n) is 1.72. The van der Waals surface area contributed by atoms with E-state index in [0.717, 1.165) is 23.3 Å². The van der Waals surface area contributed by atoms with Crippen LogP contribution in [0.1, 0.15) is 6.42 Å². The summed E-state index contributed by atoms with van der Waals surface area (Å²) in [5.74, 6) is 0. The molecule has 0 saturated heterocycles. The molecule has 0 amide bonds. The van der Waals surface area contributed by atoms with Gasteiger partial charge in [-0.15, -0.1) is 0 Å². The van der Waals surface area contributed by atoms with Gasteiger partial charge in [-0.2, -0.15) is 0 Å². The van der Waals surface area contributed by atoms with E-state index in [1.165, 1.54) is 12.2 Å². The van der Waals surface area contributed by atoms with E-state index in [-0.39, 0.29) is 5.70 Å². The van der Waals surface area contributed by atoms with E-state index in [9.17, 15) is 10.1 Å². The van der Waals surface area contributed by atoms with Crippen molar-refractivity contribution in [2.24, 2.45) is 5.73 Å². The Bertz CT molecular complexity index is 600. The van der Waals surface area contributed by atoms with Gasteiger partial charge in [0, 0.05) is 17.8 Å². The molecule has 0 aromatic heterocycles. The molecule has 0 spiro atoms. The number of allylic oxidation sites excluding steroid dienone is 12. The Kier molecular flexibility index (Phi) is 3.93. The smallest absolute Gasteiger partial charge is 0.269 e. The second kappa shape index (κ2) is 5.82. The van der Waals surface area contributed by atoms with Gasteiger partial charge in [-0.05, 0) is 29.7 Å². The van der Waals surface area contributed by atoms with Crippen LogP contribution in [0.15, 0.2) is 83.3 Å². The number of nitrogens with zero attached hydrogens (tertiary/aromatic N) is 1. The Labute approximate surface area is 111 Å². The first kappa shape index (κ1) is 12.8. The van der Waals surface area contributed by atoms with Gasteiger partial charge in [-0.1, -0.05) is 36.5 Å².